The lowest BCUT2D eigenvalue weighted by atomic mass is 10.2. The Labute approximate surface area is 130 Å². The fourth-order valence-electron chi connectivity index (χ4n) is 1.53. The van der Waals surface area contributed by atoms with Crippen molar-refractivity contribution in [2.24, 2.45) is 0 Å². The van der Waals surface area contributed by atoms with Crippen molar-refractivity contribution in [3.63, 3.8) is 0 Å². The van der Waals surface area contributed by atoms with Crippen LogP contribution in [0.2, 0.25) is 10.0 Å². The van der Waals surface area contributed by atoms with E-state index < -0.39 is 5.24 Å². The summed E-state index contributed by atoms with van der Waals surface area (Å²) >= 11 is 19.0. The second kappa shape index (κ2) is 6.67. The van der Waals surface area contributed by atoms with Gasteiger partial charge >= 0.3 is 0 Å². The zero-order chi connectivity index (χ0) is 13.8. The van der Waals surface area contributed by atoms with E-state index in [2.05, 4.69) is 0 Å². The summed E-state index contributed by atoms with van der Waals surface area (Å²) in [6, 6.07) is 12.7. The Morgan fingerprint density at radius 3 is 2.53 bits per heavy atom. The summed E-state index contributed by atoms with van der Waals surface area (Å²) in [6.45, 7) is 0. The van der Waals surface area contributed by atoms with Crippen LogP contribution in [0.15, 0.2) is 47.4 Å². The van der Waals surface area contributed by atoms with E-state index in [-0.39, 0.29) is 0 Å². The summed E-state index contributed by atoms with van der Waals surface area (Å²) < 4.78 is 0. The van der Waals surface area contributed by atoms with Crippen molar-refractivity contribution >= 4 is 51.8 Å². The number of thioether (sulfide) groups is 1. The monoisotopic (exact) mass is 330 g/mol. The first-order chi connectivity index (χ1) is 9.06. The highest BCUT2D eigenvalue weighted by Gasteiger charge is 2.07. The molecule has 0 atom stereocenters. The summed E-state index contributed by atoms with van der Waals surface area (Å²) in [7, 11) is 0. The molecule has 2 rings (SSSR count). The summed E-state index contributed by atoms with van der Waals surface area (Å²) in [6.07, 6.45) is 0. The van der Waals surface area contributed by atoms with E-state index in [1.165, 1.54) is 0 Å². The molecule has 0 unspecified atom stereocenters. The normalized spacial score (nSPS) is 10.5. The number of carbonyl (C=O) groups is 1. The number of benzene rings is 2. The first-order valence-electron chi connectivity index (χ1n) is 5.43. The third-order valence-electron chi connectivity index (χ3n) is 2.44. The van der Waals surface area contributed by atoms with Crippen LogP contribution >= 0.6 is 46.6 Å². The van der Waals surface area contributed by atoms with E-state index in [9.17, 15) is 4.79 Å². The van der Waals surface area contributed by atoms with Crippen molar-refractivity contribution in [2.45, 2.75) is 10.6 Å². The number of rotatable bonds is 4. The van der Waals surface area contributed by atoms with Crippen molar-refractivity contribution in [3.8, 4) is 0 Å². The van der Waals surface area contributed by atoms with Gasteiger partial charge in [-0.1, -0.05) is 35.3 Å². The Kier molecular flexibility index (Phi) is 5.17. The van der Waals surface area contributed by atoms with Gasteiger partial charge in [0.15, 0.2) is 0 Å². The van der Waals surface area contributed by atoms with Gasteiger partial charge in [0.05, 0.1) is 5.02 Å². The standard InChI is InChI=1S/C14H9Cl3OS/c15-11-3-1-2-9(6-11)8-19-13-5-4-10(14(17)18)7-12(13)16/h1-7H,8H2. The highest BCUT2D eigenvalue weighted by molar-refractivity contribution is 7.98. The summed E-state index contributed by atoms with van der Waals surface area (Å²) in [5, 5.41) is 0.735. The van der Waals surface area contributed by atoms with Gasteiger partial charge in [-0.15, -0.1) is 11.8 Å². The Morgan fingerprint density at radius 1 is 1.11 bits per heavy atom. The van der Waals surface area contributed by atoms with Crippen LogP contribution in [0.4, 0.5) is 0 Å². The topological polar surface area (TPSA) is 17.1 Å². The maximum atomic E-state index is 11.0. The summed E-state index contributed by atoms with van der Waals surface area (Å²) in [4.78, 5) is 11.9. The fourth-order valence-corrected chi connectivity index (χ4v) is 3.07. The maximum absolute atomic E-state index is 11.0. The molecule has 98 valence electrons. The van der Waals surface area contributed by atoms with E-state index in [4.69, 9.17) is 34.8 Å². The van der Waals surface area contributed by atoms with Crippen LogP contribution in [0, 0.1) is 0 Å². The van der Waals surface area contributed by atoms with Crippen molar-refractivity contribution in [2.75, 3.05) is 0 Å². The Bertz CT molecular complexity index is 613. The van der Waals surface area contributed by atoms with Gasteiger partial charge in [-0.05, 0) is 47.5 Å². The van der Waals surface area contributed by atoms with Crippen molar-refractivity contribution in [1.29, 1.82) is 0 Å². The highest BCUT2D eigenvalue weighted by atomic mass is 35.5. The first kappa shape index (κ1) is 14.7. The molecule has 0 spiro atoms. The van der Waals surface area contributed by atoms with Crippen LogP contribution in [-0.4, -0.2) is 5.24 Å². The van der Waals surface area contributed by atoms with Crippen molar-refractivity contribution < 1.29 is 4.79 Å². The van der Waals surface area contributed by atoms with Gasteiger partial charge in [-0.2, -0.15) is 0 Å². The zero-order valence-electron chi connectivity index (χ0n) is 9.70. The average Bonchev–Trinajstić information content (AvgIpc) is 2.37. The number of hydrogen-bond donors (Lipinski definition) is 0. The van der Waals surface area contributed by atoms with Crippen molar-refractivity contribution in [1.82, 2.24) is 0 Å². The predicted octanol–water partition coefficient (Wildman–Crippen LogP) is 5.66. The molecule has 0 heterocycles. The molecule has 2 aromatic rings. The lowest BCUT2D eigenvalue weighted by Gasteiger charge is -2.05. The molecule has 19 heavy (non-hydrogen) atoms. The van der Waals surface area contributed by atoms with Crippen LogP contribution in [0.1, 0.15) is 15.9 Å². The third kappa shape index (κ3) is 4.15. The average molecular weight is 332 g/mol. The maximum Gasteiger partial charge on any atom is 0.252 e. The molecule has 0 N–H and O–H groups in total. The Balaban J connectivity index is 2.10. The van der Waals surface area contributed by atoms with E-state index in [0.29, 0.717) is 15.6 Å². The van der Waals surface area contributed by atoms with Crippen LogP contribution < -0.4 is 0 Å². The van der Waals surface area contributed by atoms with Gasteiger partial charge in [0.2, 0.25) is 0 Å². The number of hydrogen-bond acceptors (Lipinski definition) is 2. The van der Waals surface area contributed by atoms with E-state index >= 15 is 0 Å². The van der Waals surface area contributed by atoms with E-state index in [0.717, 1.165) is 16.2 Å². The van der Waals surface area contributed by atoms with Crippen molar-refractivity contribution in [3.05, 3.63) is 63.6 Å². The molecule has 0 aliphatic carbocycles. The van der Waals surface area contributed by atoms with Gasteiger partial charge in [-0.25, -0.2) is 0 Å². The first-order valence-corrected chi connectivity index (χ1v) is 7.55. The second-order valence-corrected chi connectivity index (χ2v) is 6.04. The minimum absolute atomic E-state index is 0.402. The predicted molar refractivity (Wildman–Crippen MR) is 82.6 cm³/mol. The molecule has 0 saturated carbocycles. The largest absolute Gasteiger partial charge is 0.276 e. The molecule has 0 aromatic heterocycles. The molecule has 2 aromatic carbocycles. The molecule has 0 amide bonds. The van der Waals surface area contributed by atoms with Gasteiger partial charge in [-0.3, -0.25) is 4.79 Å². The molecule has 0 aliphatic heterocycles. The minimum atomic E-state index is -0.506. The fraction of sp³-hybridized carbons (Fsp3) is 0.0714. The molecular weight excluding hydrogens is 323 g/mol. The van der Waals surface area contributed by atoms with Crippen LogP contribution in [0.5, 0.6) is 0 Å². The van der Waals surface area contributed by atoms with Gasteiger partial charge in [0.1, 0.15) is 0 Å². The molecule has 0 radical (unpaired) electrons. The minimum Gasteiger partial charge on any atom is -0.276 e. The Hall–Kier alpha value is -0.670. The van der Waals surface area contributed by atoms with Gasteiger partial charge in [0.25, 0.3) is 5.24 Å². The SMILES string of the molecule is O=C(Cl)c1ccc(SCc2cccc(Cl)c2)c(Cl)c1. The van der Waals surface area contributed by atoms with E-state index in [1.807, 2.05) is 24.3 Å². The molecule has 0 bridgehead atoms. The molecule has 0 saturated heterocycles. The lowest BCUT2D eigenvalue weighted by Crippen LogP contribution is -1.89. The zero-order valence-corrected chi connectivity index (χ0v) is 12.8. The molecule has 0 aliphatic rings. The van der Waals surface area contributed by atoms with Crippen LogP contribution in [0.3, 0.4) is 0 Å². The Morgan fingerprint density at radius 2 is 1.89 bits per heavy atom. The van der Waals surface area contributed by atoms with E-state index in [1.54, 1.807) is 30.0 Å². The van der Waals surface area contributed by atoms with Gasteiger partial charge < -0.3 is 0 Å². The summed E-state index contributed by atoms with van der Waals surface area (Å²) in [5.41, 5.74) is 1.52. The lowest BCUT2D eigenvalue weighted by molar-refractivity contribution is 0.108. The molecule has 0 fully saturated rings. The second-order valence-electron chi connectivity index (χ2n) is 3.84. The highest BCUT2D eigenvalue weighted by Crippen LogP contribution is 2.31. The van der Waals surface area contributed by atoms with Crippen LogP contribution in [0.25, 0.3) is 0 Å². The smallest absolute Gasteiger partial charge is 0.252 e. The molecular formula is C14H9Cl3OS. The van der Waals surface area contributed by atoms with Gasteiger partial charge in [0, 0.05) is 21.2 Å². The molecule has 1 nitrogen and oxygen atoms in total. The number of carbonyl (C=O) groups excluding carboxylic acids is 1. The number of halogens is 3. The summed E-state index contributed by atoms with van der Waals surface area (Å²) in [5.74, 6) is 0.758. The molecule has 5 heteroatoms. The van der Waals surface area contributed by atoms with Crippen LogP contribution in [-0.2, 0) is 5.75 Å². The third-order valence-corrected chi connectivity index (χ3v) is 4.46. The quantitative estimate of drug-likeness (QED) is 0.531.